The standard InChI is InChI=1S/C6H8N2O3S/c7-8-5(9)3-1-12-2-4(3)6(10)11/h1-2,7H2,(H,8,9)(H,10,11). The fourth-order valence-electron chi connectivity index (χ4n) is 0.910. The van der Waals surface area contributed by atoms with Gasteiger partial charge in [-0.3, -0.25) is 10.2 Å². The number of hydrogen-bond donors (Lipinski definition) is 3. The second-order valence-electron chi connectivity index (χ2n) is 2.23. The molecule has 0 fully saturated rings. The smallest absolute Gasteiger partial charge is 0.332 e. The van der Waals surface area contributed by atoms with Gasteiger partial charge in [0.15, 0.2) is 0 Å². The third kappa shape index (κ3) is 1.59. The maximum atomic E-state index is 11.0. The first kappa shape index (κ1) is 9.08. The van der Waals surface area contributed by atoms with Crippen LogP contribution < -0.4 is 11.3 Å². The summed E-state index contributed by atoms with van der Waals surface area (Å²) in [5.41, 5.74) is 2.35. The van der Waals surface area contributed by atoms with E-state index in [9.17, 15) is 9.59 Å². The molecule has 0 saturated heterocycles. The topological polar surface area (TPSA) is 92.4 Å². The van der Waals surface area contributed by atoms with Crippen LogP contribution in [0.25, 0.3) is 0 Å². The number of aliphatic carboxylic acids is 1. The lowest BCUT2D eigenvalue weighted by molar-refractivity contribution is -0.133. The molecule has 66 valence electrons. The number of hydrogen-bond acceptors (Lipinski definition) is 4. The maximum Gasteiger partial charge on any atom is 0.332 e. The van der Waals surface area contributed by atoms with Gasteiger partial charge in [-0.05, 0) is 0 Å². The third-order valence-corrected chi connectivity index (χ3v) is 2.51. The molecule has 0 radical (unpaired) electrons. The number of hydrazine groups is 1. The minimum atomic E-state index is -1.04. The van der Waals surface area contributed by atoms with Crippen LogP contribution in [-0.4, -0.2) is 28.5 Å². The minimum absolute atomic E-state index is 0.156. The van der Waals surface area contributed by atoms with E-state index in [0.717, 1.165) is 0 Å². The van der Waals surface area contributed by atoms with Crippen molar-refractivity contribution in [1.82, 2.24) is 5.43 Å². The molecule has 0 aromatic rings. The van der Waals surface area contributed by atoms with Crippen LogP contribution in [-0.2, 0) is 9.59 Å². The largest absolute Gasteiger partial charge is 0.478 e. The molecule has 0 aromatic carbocycles. The Labute approximate surface area is 73.0 Å². The van der Waals surface area contributed by atoms with Gasteiger partial charge in [0.25, 0.3) is 5.91 Å². The molecule has 0 bridgehead atoms. The van der Waals surface area contributed by atoms with Gasteiger partial charge in [-0.2, -0.15) is 11.8 Å². The van der Waals surface area contributed by atoms with E-state index in [2.05, 4.69) is 0 Å². The number of carboxylic acid groups (broad SMARTS) is 1. The van der Waals surface area contributed by atoms with E-state index >= 15 is 0 Å². The van der Waals surface area contributed by atoms with E-state index in [0.29, 0.717) is 11.5 Å². The van der Waals surface area contributed by atoms with Gasteiger partial charge in [0.05, 0.1) is 5.57 Å². The molecule has 0 aromatic heterocycles. The molecule has 12 heavy (non-hydrogen) atoms. The first-order valence-corrected chi connectivity index (χ1v) is 4.36. The highest BCUT2D eigenvalue weighted by atomic mass is 32.2. The average Bonchev–Trinajstić information content (AvgIpc) is 2.50. The number of rotatable bonds is 2. The Bertz CT molecular complexity index is 262. The second kappa shape index (κ2) is 3.59. The zero-order chi connectivity index (χ0) is 9.14. The second-order valence-corrected chi connectivity index (χ2v) is 3.21. The number of carbonyl (C=O) groups is 2. The molecular formula is C6H8N2O3S. The van der Waals surface area contributed by atoms with Crippen molar-refractivity contribution in [3.63, 3.8) is 0 Å². The predicted molar refractivity (Wildman–Crippen MR) is 44.3 cm³/mol. The van der Waals surface area contributed by atoms with E-state index in [1.807, 2.05) is 5.43 Å². The van der Waals surface area contributed by atoms with Gasteiger partial charge in [-0.1, -0.05) is 0 Å². The van der Waals surface area contributed by atoms with Crippen LogP contribution in [0.4, 0.5) is 0 Å². The van der Waals surface area contributed by atoms with E-state index < -0.39 is 11.9 Å². The fraction of sp³-hybridized carbons (Fsp3) is 0.333. The lowest BCUT2D eigenvalue weighted by Crippen LogP contribution is -2.32. The number of nitrogens with two attached hydrogens (primary N) is 1. The lowest BCUT2D eigenvalue weighted by atomic mass is 10.1. The Morgan fingerprint density at radius 1 is 1.42 bits per heavy atom. The van der Waals surface area contributed by atoms with Gasteiger partial charge in [-0.25, -0.2) is 10.6 Å². The highest BCUT2D eigenvalue weighted by Crippen LogP contribution is 2.24. The predicted octanol–water partition coefficient (Wildman–Crippen LogP) is -0.896. The SMILES string of the molecule is NNC(=O)C1=C(C(=O)O)CSC1. The summed E-state index contributed by atoms with van der Waals surface area (Å²) in [6, 6.07) is 0. The van der Waals surface area contributed by atoms with Crippen molar-refractivity contribution >= 4 is 23.6 Å². The summed E-state index contributed by atoms with van der Waals surface area (Å²) in [7, 11) is 0. The van der Waals surface area contributed by atoms with Crippen LogP contribution in [0, 0.1) is 0 Å². The monoisotopic (exact) mass is 188 g/mol. The normalized spacial score (nSPS) is 16.4. The van der Waals surface area contributed by atoms with Gasteiger partial charge < -0.3 is 5.11 Å². The molecule has 0 saturated carbocycles. The minimum Gasteiger partial charge on any atom is -0.478 e. The zero-order valence-electron chi connectivity index (χ0n) is 6.16. The molecule has 4 N–H and O–H groups in total. The summed E-state index contributed by atoms with van der Waals surface area (Å²) in [5, 5.41) is 8.64. The summed E-state index contributed by atoms with van der Waals surface area (Å²) < 4.78 is 0. The van der Waals surface area contributed by atoms with Crippen LogP contribution in [0.3, 0.4) is 0 Å². The molecule has 6 heteroatoms. The molecule has 1 rings (SSSR count). The van der Waals surface area contributed by atoms with Crippen LogP contribution >= 0.6 is 11.8 Å². The average molecular weight is 188 g/mol. The molecule has 5 nitrogen and oxygen atoms in total. The molecule has 0 spiro atoms. The Balaban J connectivity index is 2.91. The van der Waals surface area contributed by atoms with E-state index in [1.165, 1.54) is 11.8 Å². The highest BCUT2D eigenvalue weighted by molar-refractivity contribution is 8.00. The maximum absolute atomic E-state index is 11.0. The number of carboxylic acids is 1. The van der Waals surface area contributed by atoms with Crippen LogP contribution in [0.5, 0.6) is 0 Å². The van der Waals surface area contributed by atoms with Crippen molar-refractivity contribution in [2.45, 2.75) is 0 Å². The highest BCUT2D eigenvalue weighted by Gasteiger charge is 2.24. The van der Waals surface area contributed by atoms with Gasteiger partial charge in [0.2, 0.25) is 0 Å². The molecule has 1 aliphatic heterocycles. The molecule has 0 aliphatic carbocycles. The van der Waals surface area contributed by atoms with Crippen LogP contribution in [0.15, 0.2) is 11.1 Å². The Morgan fingerprint density at radius 3 is 2.50 bits per heavy atom. The van der Waals surface area contributed by atoms with Crippen molar-refractivity contribution in [3.8, 4) is 0 Å². The molecular weight excluding hydrogens is 180 g/mol. The molecule has 1 amide bonds. The third-order valence-electron chi connectivity index (χ3n) is 1.52. The van der Waals surface area contributed by atoms with Crippen molar-refractivity contribution in [2.24, 2.45) is 5.84 Å². The molecule has 0 unspecified atom stereocenters. The summed E-state index contributed by atoms with van der Waals surface area (Å²) in [6.07, 6.45) is 0. The van der Waals surface area contributed by atoms with Gasteiger partial charge >= 0.3 is 5.97 Å². The van der Waals surface area contributed by atoms with Crippen molar-refractivity contribution in [2.75, 3.05) is 11.5 Å². The number of carbonyl (C=O) groups excluding carboxylic acids is 1. The first-order valence-electron chi connectivity index (χ1n) is 3.20. The Hall–Kier alpha value is -1.01. The van der Waals surface area contributed by atoms with Gasteiger partial charge in [0, 0.05) is 17.1 Å². The molecule has 1 aliphatic rings. The van der Waals surface area contributed by atoms with Gasteiger partial charge in [0.1, 0.15) is 0 Å². The fourth-order valence-corrected chi connectivity index (χ4v) is 2.02. The van der Waals surface area contributed by atoms with Crippen LogP contribution in [0.2, 0.25) is 0 Å². The zero-order valence-corrected chi connectivity index (χ0v) is 6.98. The first-order chi connectivity index (χ1) is 5.66. The summed E-state index contributed by atoms with van der Waals surface area (Å²) in [6.45, 7) is 0. The number of nitrogens with one attached hydrogen (secondary N) is 1. The number of thioether (sulfide) groups is 1. The lowest BCUT2D eigenvalue weighted by Gasteiger charge is -1.99. The van der Waals surface area contributed by atoms with Gasteiger partial charge in [-0.15, -0.1) is 0 Å². The summed E-state index contributed by atoms with van der Waals surface area (Å²) in [5.74, 6) is 4.13. The Kier molecular flexibility index (Phi) is 2.72. The number of amides is 1. The summed E-state index contributed by atoms with van der Waals surface area (Å²) in [4.78, 5) is 21.5. The summed E-state index contributed by atoms with van der Waals surface area (Å²) >= 11 is 1.39. The van der Waals surface area contributed by atoms with E-state index in [1.54, 1.807) is 0 Å². The van der Waals surface area contributed by atoms with Crippen LogP contribution in [0.1, 0.15) is 0 Å². The Morgan fingerprint density at radius 2 is 2.00 bits per heavy atom. The van der Waals surface area contributed by atoms with Crippen molar-refractivity contribution in [1.29, 1.82) is 0 Å². The molecule has 0 atom stereocenters. The quantitative estimate of drug-likeness (QED) is 0.297. The van der Waals surface area contributed by atoms with Crippen molar-refractivity contribution in [3.05, 3.63) is 11.1 Å². The molecule has 1 heterocycles. The van der Waals surface area contributed by atoms with E-state index in [4.69, 9.17) is 10.9 Å². The van der Waals surface area contributed by atoms with E-state index in [-0.39, 0.29) is 11.1 Å². The van der Waals surface area contributed by atoms with Crippen molar-refractivity contribution < 1.29 is 14.7 Å².